The van der Waals surface area contributed by atoms with Crippen LogP contribution in [0, 0.1) is 56.1 Å². The van der Waals surface area contributed by atoms with Crippen molar-refractivity contribution in [1.29, 1.82) is 32.5 Å². The number of rotatable bonds is 69. The fraction of sp³-hybridized carbons (Fsp3) is 0.500. The summed E-state index contributed by atoms with van der Waals surface area (Å²) in [7, 11) is 0. The first-order chi connectivity index (χ1) is 64.1. The number of carbonyl (C=O) groups is 12. The number of carbonyl (C=O) groups excluding carboxylic acids is 11. The fourth-order valence-electron chi connectivity index (χ4n) is 15.3. The number of hydrogen-bond donors (Lipinski definition) is 27. The van der Waals surface area contributed by atoms with Crippen LogP contribution in [0.2, 0.25) is 0 Å². The van der Waals surface area contributed by atoms with E-state index in [2.05, 4.69) is 129 Å². The molecule has 0 aliphatic carbocycles. The lowest BCUT2D eigenvalue weighted by Gasteiger charge is -2.27. The zero-order chi connectivity index (χ0) is 98.3. The molecule has 36 N–H and O–H groups in total. The van der Waals surface area contributed by atoms with E-state index in [4.69, 9.17) is 84.1 Å². The van der Waals surface area contributed by atoms with E-state index in [1.54, 1.807) is 10.9 Å². The largest absolute Gasteiger partial charge is 0.481 e. The summed E-state index contributed by atoms with van der Waals surface area (Å²) in [4.78, 5) is 171. The summed E-state index contributed by atoms with van der Waals surface area (Å²) in [6, 6.07) is 32.4. The summed E-state index contributed by atoms with van der Waals surface area (Å²) < 4.78 is 1.69. The Labute approximate surface area is 781 Å². The van der Waals surface area contributed by atoms with Crippen LogP contribution in [-0.4, -0.2) is 209 Å². The van der Waals surface area contributed by atoms with Crippen LogP contribution in [0.4, 0.5) is 0 Å². The normalized spacial score (nSPS) is 13.0. The SMILES string of the molecule is N=C(N)NCCCC(NC(=O)CCC(=O)CCc1cn(Cc2ccc(C(=C(c3ccccc3)c3ccccc3)c3ccccc3)cc2)nn1)C(=O)CC(CCCCN)C(=O)NC(CCCCN)C(=O)C[C@@H](CCCNC(=N)N)C(=O)N[C@@H](CCCNC(=N)N)C(=O)C[C@@H](CCC(=O)O)C(=O)NC(CCCNC(=N)N)C(=O)C[C@@H](CCCNC(=N)N)C(=O)N[C@@H](CCCNC(=N)N)C(N)=O. The van der Waals surface area contributed by atoms with Crippen LogP contribution < -0.4 is 110 Å². The van der Waals surface area contributed by atoms with Crippen molar-refractivity contribution in [3.63, 3.8) is 0 Å². The molecule has 0 radical (unpaired) electrons. The number of aryl methyl sites for hydroxylation is 1. The highest BCUT2D eigenvalue weighted by Crippen LogP contribution is 2.37. The van der Waals surface area contributed by atoms with Crippen LogP contribution in [0.15, 0.2) is 121 Å². The van der Waals surface area contributed by atoms with Gasteiger partial charge in [-0.1, -0.05) is 127 Å². The van der Waals surface area contributed by atoms with Gasteiger partial charge in [0.05, 0.1) is 36.4 Å². The zero-order valence-corrected chi connectivity index (χ0v) is 76.3. The molecular formula is C92H139N29O13. The van der Waals surface area contributed by atoms with Crippen molar-refractivity contribution in [2.24, 2.45) is 75.3 Å². The second-order valence-corrected chi connectivity index (χ2v) is 33.1. The average molecular weight is 1860 g/mol. The molecule has 4 aromatic carbocycles. The number of nitrogens with two attached hydrogens (primary N) is 9. The van der Waals surface area contributed by atoms with Crippen molar-refractivity contribution >= 4 is 117 Å². The molecule has 0 spiro atoms. The standard InChI is InChI=1S/C92H139N29O13/c93-44-12-10-26-63(52-74(123)69(30-16-48-110-89(100)101)114-78(127)42-41-68(122)40-39-67-57-121(120-119-67)56-58-34-36-62(37-35-58)81(61-24-8-3-9-25-61)80(59-20-4-1-5-21-59)60-22-6-2-7-23-60)83(131)115-70(29-11-13-45-94)75(124)53-64(27-14-46-108-87(96)97)84(132)116-72(32-18-50-112-91(104)105)77(126)55-66(38-43-79(128)129)86(134)117-71(31-17-49-111-90(102)103)76(125)54-65(28-15-47-109-88(98)99)85(133)118-73(82(95)130)33-19-51-113-92(106)107/h1-9,20-25,34-37,57,63-66,69-73H,10-19,26-33,38-56,93-94H2,(H2,95,130)(H,114,127)(H,115,131)(H,116,132)(H,117,134)(H,118,133)(H,128,129)(H4,96,97,108)(H4,98,99,109)(H4,100,101,110)(H4,102,103,111)(H4,104,105,112)(H4,106,107,113)/t63?,64-,65-,66-,69?,70?,71?,72+,73+/m1/s1. The Kier molecular flexibility index (Phi) is 50.7. The van der Waals surface area contributed by atoms with Crippen molar-refractivity contribution < 1.29 is 62.6 Å². The van der Waals surface area contributed by atoms with Crippen molar-refractivity contribution in [2.45, 2.75) is 217 Å². The quantitative estimate of drug-likeness (QED) is 0.0114. The molecule has 42 heteroatoms. The minimum atomic E-state index is -1.52. The number of ketones is 5. The maximum Gasteiger partial charge on any atom is 0.303 e. The van der Waals surface area contributed by atoms with Gasteiger partial charge in [-0.05, 0) is 174 Å². The predicted molar refractivity (Wildman–Crippen MR) is 511 cm³/mol. The molecule has 5 rings (SSSR count). The van der Waals surface area contributed by atoms with Crippen LogP contribution in [0.25, 0.3) is 11.1 Å². The molecule has 5 aromatic rings. The van der Waals surface area contributed by atoms with Crippen molar-refractivity contribution in [1.82, 2.24) is 73.5 Å². The van der Waals surface area contributed by atoms with E-state index in [-0.39, 0.29) is 192 Å². The van der Waals surface area contributed by atoms with E-state index < -0.39 is 175 Å². The molecule has 1 aromatic heterocycles. The minimum absolute atomic E-state index is 0.00440. The second kappa shape index (κ2) is 61.6. The topological polar surface area (TPSA) is 765 Å². The summed E-state index contributed by atoms with van der Waals surface area (Å²) in [6.07, 6.45) is 0.0259. The van der Waals surface area contributed by atoms with Crippen molar-refractivity contribution in [3.8, 4) is 0 Å². The van der Waals surface area contributed by atoms with E-state index in [0.29, 0.717) is 37.9 Å². The number of aliphatic carboxylic acids is 1. The molecule has 0 saturated carbocycles. The Morgan fingerprint density at radius 3 is 0.993 bits per heavy atom. The zero-order valence-electron chi connectivity index (χ0n) is 76.3. The van der Waals surface area contributed by atoms with Gasteiger partial charge >= 0.3 is 5.97 Å². The van der Waals surface area contributed by atoms with Gasteiger partial charge in [-0.3, -0.25) is 90.0 Å². The minimum Gasteiger partial charge on any atom is -0.481 e. The molecule has 730 valence electrons. The maximum absolute atomic E-state index is 15.1. The lowest BCUT2D eigenvalue weighted by atomic mass is 9.85. The van der Waals surface area contributed by atoms with Gasteiger partial charge in [0.1, 0.15) is 11.8 Å². The molecule has 0 saturated heterocycles. The average Bonchev–Trinajstić information content (AvgIpc) is 0.865. The molecule has 9 atom stereocenters. The number of carboxylic acid groups (broad SMARTS) is 1. The summed E-state index contributed by atoms with van der Waals surface area (Å²) in [5.74, 6) is -16.6. The van der Waals surface area contributed by atoms with E-state index >= 15 is 14.4 Å². The third kappa shape index (κ3) is 43.8. The highest BCUT2D eigenvalue weighted by Gasteiger charge is 2.37. The van der Waals surface area contributed by atoms with E-state index in [9.17, 15) is 48.3 Å². The molecule has 134 heavy (non-hydrogen) atoms. The number of unbranched alkanes of at least 4 members (excludes halogenated alkanes) is 2. The van der Waals surface area contributed by atoms with Crippen LogP contribution in [0.5, 0.6) is 0 Å². The van der Waals surface area contributed by atoms with Gasteiger partial charge in [0.15, 0.2) is 58.9 Å². The van der Waals surface area contributed by atoms with Gasteiger partial charge in [0.25, 0.3) is 0 Å². The number of benzene rings is 4. The highest BCUT2D eigenvalue weighted by molar-refractivity contribution is 6.05. The van der Waals surface area contributed by atoms with Gasteiger partial charge in [0.2, 0.25) is 35.4 Å². The Morgan fingerprint density at radius 2 is 0.649 bits per heavy atom. The van der Waals surface area contributed by atoms with Crippen LogP contribution in [0.3, 0.4) is 0 Å². The van der Waals surface area contributed by atoms with Gasteiger partial charge in [-0.15, -0.1) is 5.10 Å². The Morgan fingerprint density at radius 1 is 0.343 bits per heavy atom. The van der Waals surface area contributed by atoms with Crippen molar-refractivity contribution in [2.75, 3.05) is 52.4 Å². The Balaban J connectivity index is 1.35. The first kappa shape index (κ1) is 110. The van der Waals surface area contributed by atoms with Gasteiger partial charge in [-0.2, -0.15) is 0 Å². The van der Waals surface area contributed by atoms with Crippen molar-refractivity contribution in [3.05, 3.63) is 155 Å². The first-order valence-corrected chi connectivity index (χ1v) is 45.6. The van der Waals surface area contributed by atoms with Crippen LogP contribution >= 0.6 is 0 Å². The number of primary amides is 1. The van der Waals surface area contributed by atoms with Gasteiger partial charge < -0.3 is 115 Å². The molecular weight excluding hydrogens is 1720 g/mol. The number of nitrogens with zero attached hydrogens (tertiary/aromatic N) is 3. The number of amides is 6. The Hall–Kier alpha value is -14.1. The van der Waals surface area contributed by atoms with Gasteiger partial charge in [0, 0.05) is 121 Å². The number of guanidine groups is 6. The summed E-state index contributed by atoms with van der Waals surface area (Å²) in [6.45, 7) is 1.22. The molecule has 1 heterocycles. The molecule has 0 bridgehead atoms. The van der Waals surface area contributed by atoms with Gasteiger partial charge in [-0.25, -0.2) is 4.68 Å². The third-order valence-corrected chi connectivity index (χ3v) is 22.4. The lowest BCUT2D eigenvalue weighted by molar-refractivity contribution is -0.139. The number of carboxylic acids is 1. The Bertz CT molecular complexity index is 4670. The molecule has 0 fully saturated rings. The lowest BCUT2D eigenvalue weighted by Crippen LogP contribution is -2.49. The fourth-order valence-corrected chi connectivity index (χ4v) is 15.3. The summed E-state index contributed by atoms with van der Waals surface area (Å²) >= 11 is 0. The van der Waals surface area contributed by atoms with E-state index in [1.165, 1.54) is 0 Å². The maximum atomic E-state index is 15.1. The van der Waals surface area contributed by atoms with Crippen LogP contribution in [-0.2, 0) is 70.5 Å². The monoisotopic (exact) mass is 1860 g/mol. The molecule has 0 aliphatic heterocycles. The number of Topliss-reactive ketones (excluding diaryl/α,β-unsaturated/α-hetero) is 5. The van der Waals surface area contributed by atoms with E-state index in [1.807, 2.05) is 54.6 Å². The highest BCUT2D eigenvalue weighted by atomic mass is 16.4. The number of aromatic nitrogens is 3. The number of hydrogen-bond acceptors (Lipinski definition) is 22. The summed E-state index contributed by atoms with van der Waals surface area (Å²) in [5, 5.41) is 94.2. The predicted octanol–water partition coefficient (Wildman–Crippen LogP) is 1.53. The van der Waals surface area contributed by atoms with Crippen LogP contribution in [0.1, 0.15) is 207 Å². The molecule has 6 amide bonds. The molecule has 4 unspecified atom stereocenters. The second-order valence-electron chi connectivity index (χ2n) is 33.1. The molecule has 42 nitrogen and oxygen atoms in total. The smallest absolute Gasteiger partial charge is 0.303 e. The van der Waals surface area contributed by atoms with E-state index in [0.717, 1.165) is 39.0 Å². The molecule has 0 aliphatic rings. The first-order valence-electron chi connectivity index (χ1n) is 45.6. The number of nitrogens with one attached hydrogen (secondary N) is 17. The third-order valence-electron chi connectivity index (χ3n) is 22.4. The summed E-state index contributed by atoms with van der Waals surface area (Å²) in [5.41, 5.74) is 58.7.